The van der Waals surface area contributed by atoms with Gasteiger partial charge in [-0.1, -0.05) is 5.46 Å². The normalized spacial score (nSPS) is 11.7. The molecule has 326 valence electrons. The van der Waals surface area contributed by atoms with E-state index in [2.05, 4.69) is 0 Å². The van der Waals surface area contributed by atoms with Crippen LogP contribution in [0.25, 0.3) is 76.5 Å². The second-order valence-corrected chi connectivity index (χ2v) is 14.6. The summed E-state index contributed by atoms with van der Waals surface area (Å²) in [4.78, 5) is 0. The molecule has 66 heavy (non-hydrogen) atoms. The van der Waals surface area contributed by atoms with Crippen molar-refractivity contribution < 1.29 is 112 Å². The minimum Gasteiger partial charge on any atom is -0.508 e. The van der Waals surface area contributed by atoms with Crippen molar-refractivity contribution in [2.45, 2.75) is 0 Å². The van der Waals surface area contributed by atoms with Gasteiger partial charge in [0.1, 0.15) is 37.1 Å². The summed E-state index contributed by atoms with van der Waals surface area (Å²) < 4.78 is 0. The lowest BCUT2D eigenvalue weighted by Crippen LogP contribution is -2.13. The molecule has 8 aromatic rings. The summed E-state index contributed by atoms with van der Waals surface area (Å²) in [5.74, 6) is -33.5. The first kappa shape index (κ1) is 43.3. The molecule has 8 radical (unpaired) electrons. The molecule has 0 bridgehead atoms. The molecule has 0 fully saturated rings. The zero-order valence-electron chi connectivity index (χ0n) is 32.1. The van der Waals surface area contributed by atoms with Crippen molar-refractivity contribution in [2.24, 2.45) is 0 Å². The van der Waals surface area contributed by atoms with Crippen LogP contribution in [0.5, 0.6) is 126 Å². The number of aromatic hydroxyl groups is 22. The number of fused-ring (bicyclic) bond motifs is 4. The molecule has 0 saturated carbocycles. The first-order valence-electron chi connectivity index (χ1n) is 17.8. The van der Waals surface area contributed by atoms with Crippen LogP contribution in [0, 0.1) is 0 Å². The summed E-state index contributed by atoms with van der Waals surface area (Å²) in [6, 6.07) is 0. The Morgan fingerprint density at radius 3 is 0.818 bits per heavy atom. The Hall–Kier alpha value is -9.34. The lowest BCUT2D eigenvalue weighted by Gasteiger charge is -2.27. The summed E-state index contributed by atoms with van der Waals surface area (Å²) in [6.45, 7) is 0. The second kappa shape index (κ2) is 13.6. The molecule has 26 heteroatoms. The van der Waals surface area contributed by atoms with Gasteiger partial charge in [0.05, 0.1) is 21.9 Å². The first-order chi connectivity index (χ1) is 30.7. The van der Waals surface area contributed by atoms with Crippen LogP contribution in [0.3, 0.4) is 0 Å². The fraction of sp³-hybridized carbons (Fsp3) is 0. The number of phenols is 22. The van der Waals surface area contributed by atoms with E-state index in [0.29, 0.717) is 0 Å². The molecular formula is C40H22B4O22. The fourth-order valence-electron chi connectivity index (χ4n) is 8.23. The predicted octanol–water partition coefficient (Wildman–Crippen LogP) is -0.00120. The molecule has 0 atom stereocenters. The van der Waals surface area contributed by atoms with Crippen LogP contribution in [0.2, 0.25) is 0 Å². The van der Waals surface area contributed by atoms with Crippen LogP contribution in [-0.2, 0) is 0 Å². The van der Waals surface area contributed by atoms with E-state index in [4.69, 9.17) is 31.4 Å². The molecule has 0 spiro atoms. The van der Waals surface area contributed by atoms with E-state index in [1.54, 1.807) is 0 Å². The molecule has 0 aliphatic rings. The van der Waals surface area contributed by atoms with Crippen LogP contribution in [0.1, 0.15) is 0 Å². The topological polar surface area (TPSA) is 445 Å². The number of benzene rings is 8. The number of hydrogen-bond acceptors (Lipinski definition) is 22. The molecule has 0 aromatic heterocycles. The molecular weight excluding hydrogens is 876 g/mol. The molecule has 8 rings (SSSR count). The SMILES string of the molecule is [B]c1c(O)c(O)c2c(-c3c4c([B])c(O)c(O)c(O)c4c(-c4c(O)c(O)c(-c5c(O)c(O)c6c(O)c(O)c(O)c(O)c6c5[B])c(O)c4O)c4c([B])c(O)c(O)c(O)c34)c(O)c(O)c(O)c2c1O. The maximum Gasteiger partial charge on any atom is 0.205 e. The summed E-state index contributed by atoms with van der Waals surface area (Å²) in [5.41, 5.74) is -12.0. The second-order valence-electron chi connectivity index (χ2n) is 14.6. The van der Waals surface area contributed by atoms with E-state index in [1.807, 2.05) is 0 Å². The van der Waals surface area contributed by atoms with E-state index in [1.165, 1.54) is 0 Å². The van der Waals surface area contributed by atoms with Crippen LogP contribution < -0.4 is 21.9 Å². The lowest BCUT2D eigenvalue weighted by atomic mass is 9.73. The molecule has 0 heterocycles. The quantitative estimate of drug-likeness (QED) is 0.0480. The van der Waals surface area contributed by atoms with Crippen molar-refractivity contribution in [3.8, 4) is 160 Å². The predicted molar refractivity (Wildman–Crippen MR) is 231 cm³/mol. The molecule has 0 saturated heterocycles. The molecule has 0 aliphatic heterocycles. The molecule has 0 aliphatic carbocycles. The number of phenolic OH excluding ortho intramolecular Hbond substituents is 22. The Labute approximate surface area is 367 Å². The van der Waals surface area contributed by atoms with Crippen LogP contribution in [0.15, 0.2) is 0 Å². The molecule has 0 amide bonds. The number of rotatable bonds is 3. The van der Waals surface area contributed by atoms with Crippen molar-refractivity contribution in [3.05, 3.63) is 0 Å². The van der Waals surface area contributed by atoms with Crippen molar-refractivity contribution in [1.29, 1.82) is 0 Å². The van der Waals surface area contributed by atoms with E-state index < -0.39 is 225 Å². The highest BCUT2D eigenvalue weighted by atomic mass is 16.4. The van der Waals surface area contributed by atoms with Crippen LogP contribution in [-0.4, -0.2) is 144 Å². The van der Waals surface area contributed by atoms with Crippen LogP contribution >= 0.6 is 0 Å². The minimum atomic E-state index is -1.73. The standard InChI is InChI=1S/C40H22B4O22/c41-15-9(24(50)28(54)14-10(15)25(51)39(65)40(66)32(14)58)13-29(55)26(52)11(27(53)30(13)56)2-4-5(21(47)37(63)34(60)17(4)43)1(3-6(2)22(48)38(64)33(59)16(3)42)7-8-12(31(57)36(62)23(7)49)19(45)18(44)35(61)20(8)46/h45-66H. The maximum absolute atomic E-state index is 11.9. The molecule has 22 N–H and O–H groups in total. The van der Waals surface area contributed by atoms with Gasteiger partial charge in [-0.25, -0.2) is 0 Å². The van der Waals surface area contributed by atoms with Gasteiger partial charge in [-0.3, -0.25) is 0 Å². The fourth-order valence-corrected chi connectivity index (χ4v) is 8.23. The Bertz CT molecular complexity index is 3550. The molecule has 8 aromatic carbocycles. The summed E-state index contributed by atoms with van der Waals surface area (Å²) in [5, 5.41) is 236. The molecule has 0 unspecified atom stereocenters. The van der Waals surface area contributed by atoms with Gasteiger partial charge >= 0.3 is 0 Å². The Kier molecular flexibility index (Phi) is 8.91. The number of hydrogen-bond donors (Lipinski definition) is 22. The van der Waals surface area contributed by atoms with E-state index in [9.17, 15) is 112 Å². The van der Waals surface area contributed by atoms with Crippen molar-refractivity contribution >= 4 is 96.3 Å². The van der Waals surface area contributed by atoms with Gasteiger partial charge < -0.3 is 112 Å². The van der Waals surface area contributed by atoms with Crippen LogP contribution in [0.4, 0.5) is 0 Å². The maximum atomic E-state index is 11.9. The summed E-state index contributed by atoms with van der Waals surface area (Å²) >= 11 is 0. The van der Waals surface area contributed by atoms with E-state index in [-0.39, 0.29) is 0 Å². The highest BCUT2D eigenvalue weighted by Gasteiger charge is 2.39. The van der Waals surface area contributed by atoms with Gasteiger partial charge in [0, 0.05) is 43.8 Å². The average molecular weight is 898 g/mol. The van der Waals surface area contributed by atoms with Crippen molar-refractivity contribution in [3.63, 3.8) is 0 Å². The Morgan fingerprint density at radius 1 is 0.136 bits per heavy atom. The smallest absolute Gasteiger partial charge is 0.205 e. The summed E-state index contributed by atoms with van der Waals surface area (Å²) in [6.07, 6.45) is 0. The Morgan fingerprint density at radius 2 is 0.379 bits per heavy atom. The third-order valence-corrected chi connectivity index (χ3v) is 11.3. The third-order valence-electron chi connectivity index (χ3n) is 11.3. The van der Waals surface area contributed by atoms with Crippen molar-refractivity contribution in [2.75, 3.05) is 0 Å². The van der Waals surface area contributed by atoms with Gasteiger partial charge in [-0.05, 0) is 27.2 Å². The van der Waals surface area contributed by atoms with Gasteiger partial charge in [0.15, 0.2) is 103 Å². The van der Waals surface area contributed by atoms with E-state index >= 15 is 0 Å². The highest BCUT2D eigenvalue weighted by molar-refractivity contribution is 6.51. The largest absolute Gasteiger partial charge is 0.508 e. The monoisotopic (exact) mass is 898 g/mol. The van der Waals surface area contributed by atoms with Gasteiger partial charge in [-0.2, -0.15) is 0 Å². The third kappa shape index (κ3) is 4.93. The van der Waals surface area contributed by atoms with Gasteiger partial charge in [0.25, 0.3) is 0 Å². The van der Waals surface area contributed by atoms with Gasteiger partial charge in [0.2, 0.25) is 17.2 Å². The first-order valence-corrected chi connectivity index (χ1v) is 17.8. The van der Waals surface area contributed by atoms with Crippen molar-refractivity contribution in [1.82, 2.24) is 0 Å². The average Bonchev–Trinajstić information content (AvgIpc) is 3.28. The minimum absolute atomic E-state index is 0.983. The van der Waals surface area contributed by atoms with Gasteiger partial charge in [-0.15, -0.1) is 0 Å². The molecule has 22 nitrogen and oxygen atoms in total. The zero-order valence-corrected chi connectivity index (χ0v) is 32.1. The van der Waals surface area contributed by atoms with E-state index in [0.717, 1.165) is 0 Å². The zero-order chi connectivity index (χ0) is 49.1. The summed E-state index contributed by atoms with van der Waals surface area (Å²) in [7, 11) is 24.4. The Balaban J connectivity index is 1.68. The highest BCUT2D eigenvalue weighted by Crippen LogP contribution is 2.65. The lowest BCUT2D eigenvalue weighted by molar-refractivity contribution is 0.349.